The third-order valence-electron chi connectivity index (χ3n) is 6.31. The SMILES string of the molecule is Cc1ccc(N2CCC3=C2CC(c2cccc(C)c2)N(c2ccc(Cl)cc2)C3=O)cc1. The minimum Gasteiger partial charge on any atom is -0.344 e. The lowest BCUT2D eigenvalue weighted by atomic mass is 9.91. The van der Waals surface area contributed by atoms with E-state index in [4.69, 9.17) is 11.6 Å². The predicted octanol–water partition coefficient (Wildman–Crippen LogP) is 6.60. The number of anilines is 2. The highest BCUT2D eigenvalue weighted by Gasteiger charge is 2.40. The van der Waals surface area contributed by atoms with Crippen LogP contribution < -0.4 is 9.80 Å². The van der Waals surface area contributed by atoms with Crippen LogP contribution in [0.3, 0.4) is 0 Å². The average Bonchev–Trinajstić information content (AvgIpc) is 3.19. The molecule has 0 radical (unpaired) electrons. The molecule has 0 aromatic heterocycles. The summed E-state index contributed by atoms with van der Waals surface area (Å²) in [6, 6.07) is 24.6. The Bertz CT molecular complexity index is 1160. The minimum absolute atomic E-state index is 0.0571. The maximum Gasteiger partial charge on any atom is 0.256 e. The lowest BCUT2D eigenvalue weighted by Crippen LogP contribution is -2.40. The maximum atomic E-state index is 13.8. The number of nitrogens with zero attached hydrogens (tertiary/aromatic N) is 2. The van der Waals surface area contributed by atoms with Crippen LogP contribution in [0.5, 0.6) is 0 Å². The molecule has 1 amide bonds. The summed E-state index contributed by atoms with van der Waals surface area (Å²) in [7, 11) is 0. The molecule has 0 spiro atoms. The molecule has 3 aromatic carbocycles. The second-order valence-corrected chi connectivity index (χ2v) is 8.88. The summed E-state index contributed by atoms with van der Waals surface area (Å²) < 4.78 is 0. The molecule has 156 valence electrons. The largest absolute Gasteiger partial charge is 0.344 e. The number of halogens is 1. The molecular formula is C27H25ClN2O. The van der Waals surface area contributed by atoms with Crippen LogP contribution in [-0.4, -0.2) is 12.5 Å². The summed E-state index contributed by atoms with van der Waals surface area (Å²) in [5.74, 6) is 0.102. The van der Waals surface area contributed by atoms with E-state index in [-0.39, 0.29) is 11.9 Å². The minimum atomic E-state index is -0.0571. The first kappa shape index (κ1) is 19.9. The summed E-state index contributed by atoms with van der Waals surface area (Å²) in [6.07, 6.45) is 1.56. The third-order valence-corrected chi connectivity index (χ3v) is 6.56. The first-order chi connectivity index (χ1) is 15.0. The zero-order valence-corrected chi connectivity index (χ0v) is 18.6. The fraction of sp³-hybridized carbons (Fsp3) is 0.222. The Morgan fingerprint density at radius 2 is 1.58 bits per heavy atom. The van der Waals surface area contributed by atoms with Crippen LogP contribution in [0.1, 0.15) is 35.6 Å². The number of hydrogen-bond donors (Lipinski definition) is 0. The van der Waals surface area contributed by atoms with Crippen LogP contribution in [0.25, 0.3) is 0 Å². The highest BCUT2D eigenvalue weighted by molar-refractivity contribution is 6.30. The standard InChI is InChI=1S/C27H25ClN2O/c1-18-6-10-22(11-7-18)29-15-14-24-26(29)17-25(20-5-3-4-19(2)16-20)30(27(24)31)23-12-8-21(28)9-13-23/h3-13,16,25H,14-15,17H2,1-2H3. The van der Waals surface area contributed by atoms with Gasteiger partial charge >= 0.3 is 0 Å². The molecule has 0 aliphatic carbocycles. The summed E-state index contributed by atoms with van der Waals surface area (Å²) in [4.78, 5) is 18.1. The van der Waals surface area contributed by atoms with Crippen LogP contribution in [0.2, 0.25) is 5.02 Å². The molecule has 0 bridgehead atoms. The van der Waals surface area contributed by atoms with Gasteiger partial charge in [0.05, 0.1) is 6.04 Å². The Morgan fingerprint density at radius 1 is 0.871 bits per heavy atom. The van der Waals surface area contributed by atoms with Crippen LogP contribution in [0.4, 0.5) is 11.4 Å². The molecule has 1 atom stereocenters. The van der Waals surface area contributed by atoms with E-state index in [1.54, 1.807) is 0 Å². The number of carbonyl (C=O) groups excluding carboxylic acids is 1. The van der Waals surface area contributed by atoms with Crippen molar-refractivity contribution in [3.63, 3.8) is 0 Å². The van der Waals surface area contributed by atoms with Gasteiger partial charge in [-0.05, 0) is 62.2 Å². The summed E-state index contributed by atoms with van der Waals surface area (Å²) >= 11 is 6.13. The number of rotatable bonds is 3. The van der Waals surface area contributed by atoms with Gasteiger partial charge in [-0.3, -0.25) is 4.79 Å². The first-order valence-corrected chi connectivity index (χ1v) is 11.1. The summed E-state index contributed by atoms with van der Waals surface area (Å²) in [5, 5.41) is 0.673. The molecule has 2 heterocycles. The zero-order chi connectivity index (χ0) is 21.5. The molecule has 0 saturated heterocycles. The van der Waals surface area contributed by atoms with Gasteiger partial charge in [0.25, 0.3) is 5.91 Å². The van der Waals surface area contributed by atoms with Crippen molar-refractivity contribution in [2.75, 3.05) is 16.3 Å². The number of benzene rings is 3. The lowest BCUT2D eigenvalue weighted by Gasteiger charge is -2.38. The molecule has 5 rings (SSSR count). The van der Waals surface area contributed by atoms with Crippen LogP contribution >= 0.6 is 11.6 Å². The number of amides is 1. The van der Waals surface area contributed by atoms with Crippen molar-refractivity contribution in [3.05, 3.63) is 106 Å². The second-order valence-electron chi connectivity index (χ2n) is 8.45. The summed E-state index contributed by atoms with van der Waals surface area (Å²) in [5.41, 5.74) is 7.73. The molecule has 1 unspecified atom stereocenters. The quantitative estimate of drug-likeness (QED) is 0.469. The van der Waals surface area contributed by atoms with Gasteiger partial charge in [-0.15, -0.1) is 0 Å². The Kier molecular flexibility index (Phi) is 5.07. The van der Waals surface area contributed by atoms with Gasteiger partial charge < -0.3 is 9.80 Å². The monoisotopic (exact) mass is 428 g/mol. The fourth-order valence-electron chi connectivity index (χ4n) is 4.74. The zero-order valence-electron chi connectivity index (χ0n) is 17.8. The molecule has 0 N–H and O–H groups in total. The van der Waals surface area contributed by atoms with Crippen LogP contribution in [0, 0.1) is 13.8 Å². The molecule has 0 fully saturated rings. The van der Waals surface area contributed by atoms with E-state index in [9.17, 15) is 4.79 Å². The Labute approximate surface area is 188 Å². The molecule has 2 aliphatic rings. The van der Waals surface area contributed by atoms with E-state index in [1.165, 1.54) is 11.1 Å². The van der Waals surface area contributed by atoms with Gasteiger partial charge in [0.15, 0.2) is 0 Å². The third kappa shape index (κ3) is 3.64. The summed E-state index contributed by atoms with van der Waals surface area (Å²) in [6.45, 7) is 5.04. The van der Waals surface area contributed by atoms with Gasteiger partial charge in [-0.25, -0.2) is 0 Å². The van der Waals surface area contributed by atoms with Crippen LogP contribution in [0.15, 0.2) is 84.1 Å². The van der Waals surface area contributed by atoms with Gasteiger partial charge in [0.2, 0.25) is 0 Å². The topological polar surface area (TPSA) is 23.6 Å². The van der Waals surface area contributed by atoms with Gasteiger partial charge in [-0.1, -0.05) is 59.1 Å². The fourth-order valence-corrected chi connectivity index (χ4v) is 4.87. The van der Waals surface area contributed by atoms with Crippen molar-refractivity contribution < 1.29 is 4.79 Å². The Morgan fingerprint density at radius 3 is 2.29 bits per heavy atom. The van der Waals surface area contributed by atoms with E-state index in [1.807, 2.05) is 29.2 Å². The van der Waals surface area contributed by atoms with Crippen molar-refractivity contribution in [1.82, 2.24) is 0 Å². The van der Waals surface area contributed by atoms with Crippen molar-refractivity contribution in [1.29, 1.82) is 0 Å². The molecule has 31 heavy (non-hydrogen) atoms. The highest BCUT2D eigenvalue weighted by Crippen LogP contribution is 2.44. The predicted molar refractivity (Wildman–Crippen MR) is 128 cm³/mol. The van der Waals surface area contributed by atoms with E-state index in [2.05, 4.69) is 67.3 Å². The van der Waals surface area contributed by atoms with Gasteiger partial charge in [-0.2, -0.15) is 0 Å². The smallest absolute Gasteiger partial charge is 0.256 e. The molecule has 4 heteroatoms. The van der Waals surface area contributed by atoms with E-state index >= 15 is 0 Å². The lowest BCUT2D eigenvalue weighted by molar-refractivity contribution is -0.116. The molecular weight excluding hydrogens is 404 g/mol. The van der Waals surface area contributed by atoms with E-state index in [0.717, 1.165) is 47.6 Å². The number of hydrogen-bond acceptors (Lipinski definition) is 2. The Hall–Kier alpha value is -3.04. The van der Waals surface area contributed by atoms with E-state index in [0.29, 0.717) is 5.02 Å². The van der Waals surface area contributed by atoms with Gasteiger partial charge in [0.1, 0.15) is 0 Å². The average molecular weight is 429 g/mol. The van der Waals surface area contributed by atoms with Crippen molar-refractivity contribution >= 4 is 28.9 Å². The number of carbonyl (C=O) groups is 1. The normalized spacial score (nSPS) is 18.5. The van der Waals surface area contributed by atoms with Crippen LogP contribution in [-0.2, 0) is 4.79 Å². The molecule has 2 aliphatic heterocycles. The molecule has 3 aromatic rings. The molecule has 3 nitrogen and oxygen atoms in total. The maximum absolute atomic E-state index is 13.8. The molecule has 0 saturated carbocycles. The van der Waals surface area contributed by atoms with Crippen molar-refractivity contribution in [2.24, 2.45) is 0 Å². The van der Waals surface area contributed by atoms with Crippen molar-refractivity contribution in [3.8, 4) is 0 Å². The first-order valence-electron chi connectivity index (χ1n) is 10.7. The van der Waals surface area contributed by atoms with E-state index < -0.39 is 0 Å². The second kappa shape index (κ2) is 7.90. The number of aryl methyl sites for hydroxylation is 2. The Balaban J connectivity index is 1.60. The van der Waals surface area contributed by atoms with Gasteiger partial charge in [0, 0.05) is 40.6 Å². The highest BCUT2D eigenvalue weighted by atomic mass is 35.5. The van der Waals surface area contributed by atoms with Crippen molar-refractivity contribution in [2.45, 2.75) is 32.7 Å².